The van der Waals surface area contributed by atoms with Gasteiger partial charge in [-0.1, -0.05) is 22.4 Å². The van der Waals surface area contributed by atoms with Crippen LogP contribution >= 0.6 is 15.9 Å². The van der Waals surface area contributed by atoms with Crippen molar-refractivity contribution in [2.45, 2.75) is 51.0 Å². The Hall–Kier alpha value is -0.870. The average molecular weight is 379 g/mol. The molecule has 3 rings (SSSR count). The number of hydrogen-bond donors (Lipinski definition) is 0. The number of halogens is 1. The summed E-state index contributed by atoms with van der Waals surface area (Å²) in [7, 11) is 0. The molecule has 126 valence electrons. The van der Waals surface area contributed by atoms with Crippen molar-refractivity contribution in [3.8, 4) is 0 Å². The Morgan fingerprint density at radius 2 is 1.70 bits per heavy atom. The van der Waals surface area contributed by atoms with Gasteiger partial charge in [-0.3, -0.25) is 4.79 Å². The Kier molecular flexibility index (Phi) is 6.12. The molecule has 2 fully saturated rings. The third kappa shape index (κ3) is 4.57. The van der Waals surface area contributed by atoms with Crippen LogP contribution in [0, 0.1) is 0 Å². The molecule has 0 bridgehead atoms. The van der Waals surface area contributed by atoms with E-state index in [4.69, 9.17) is 0 Å². The Labute approximate surface area is 148 Å². The topological polar surface area (TPSA) is 23.6 Å². The maximum atomic E-state index is 12.9. The predicted molar refractivity (Wildman–Crippen MR) is 97.7 cm³/mol. The van der Waals surface area contributed by atoms with Gasteiger partial charge in [-0.25, -0.2) is 0 Å². The summed E-state index contributed by atoms with van der Waals surface area (Å²) >= 11 is 3.44. The molecule has 0 radical (unpaired) electrons. The third-order valence-corrected chi connectivity index (χ3v) is 5.74. The number of carbonyl (C=O) groups excluding carboxylic acids is 1. The standard InChI is InChI=1S/C19H27BrN2O/c20-17-9-7-16(8-10-17)19(23)22-14-5-2-6-18(22)11-15-21-12-3-1-4-13-21/h7-10,18H,1-6,11-15H2/t18-/m1/s1. The van der Waals surface area contributed by atoms with Crippen molar-refractivity contribution < 1.29 is 4.79 Å². The first kappa shape index (κ1) is 17.0. The van der Waals surface area contributed by atoms with Gasteiger partial charge in [0.05, 0.1) is 0 Å². The molecule has 0 spiro atoms. The zero-order valence-electron chi connectivity index (χ0n) is 13.8. The molecule has 23 heavy (non-hydrogen) atoms. The van der Waals surface area contributed by atoms with Crippen molar-refractivity contribution in [3.05, 3.63) is 34.3 Å². The number of hydrogen-bond acceptors (Lipinski definition) is 2. The Bertz CT molecular complexity index is 511. The van der Waals surface area contributed by atoms with Gasteiger partial charge in [0.15, 0.2) is 0 Å². The highest BCUT2D eigenvalue weighted by atomic mass is 79.9. The summed E-state index contributed by atoms with van der Waals surface area (Å²) < 4.78 is 1.02. The summed E-state index contributed by atoms with van der Waals surface area (Å²) in [6.45, 7) is 4.55. The van der Waals surface area contributed by atoms with Crippen LogP contribution in [0.3, 0.4) is 0 Å². The van der Waals surface area contributed by atoms with Gasteiger partial charge in [0.25, 0.3) is 5.91 Å². The Balaban J connectivity index is 1.61. The average Bonchev–Trinajstić information content (AvgIpc) is 2.61. The minimum atomic E-state index is 0.209. The van der Waals surface area contributed by atoms with E-state index >= 15 is 0 Å². The maximum Gasteiger partial charge on any atom is 0.254 e. The highest BCUT2D eigenvalue weighted by Crippen LogP contribution is 2.23. The van der Waals surface area contributed by atoms with E-state index in [1.165, 1.54) is 38.8 Å². The second kappa shape index (κ2) is 8.29. The van der Waals surface area contributed by atoms with Crippen LogP contribution in [-0.2, 0) is 0 Å². The summed E-state index contributed by atoms with van der Waals surface area (Å²) in [4.78, 5) is 17.6. The number of benzene rings is 1. The van der Waals surface area contributed by atoms with Crippen molar-refractivity contribution in [2.24, 2.45) is 0 Å². The van der Waals surface area contributed by atoms with Gasteiger partial charge >= 0.3 is 0 Å². The lowest BCUT2D eigenvalue weighted by Crippen LogP contribution is -2.45. The van der Waals surface area contributed by atoms with Crippen LogP contribution in [0.25, 0.3) is 0 Å². The van der Waals surface area contributed by atoms with Gasteiger partial charge < -0.3 is 9.80 Å². The number of piperidine rings is 2. The second-order valence-electron chi connectivity index (χ2n) is 6.85. The molecule has 0 saturated carbocycles. The number of likely N-dealkylation sites (tertiary alicyclic amines) is 2. The first-order valence-electron chi connectivity index (χ1n) is 9.03. The molecule has 1 aromatic rings. The van der Waals surface area contributed by atoms with Crippen LogP contribution in [0.15, 0.2) is 28.7 Å². The highest BCUT2D eigenvalue weighted by Gasteiger charge is 2.27. The molecule has 2 aliphatic rings. The number of carbonyl (C=O) groups is 1. The first-order chi connectivity index (χ1) is 11.2. The summed E-state index contributed by atoms with van der Waals surface area (Å²) in [6, 6.07) is 8.20. The van der Waals surface area contributed by atoms with Crippen molar-refractivity contribution in [2.75, 3.05) is 26.2 Å². The lowest BCUT2D eigenvalue weighted by Gasteiger charge is -2.37. The molecule has 2 saturated heterocycles. The van der Waals surface area contributed by atoms with E-state index in [9.17, 15) is 4.79 Å². The number of rotatable bonds is 4. The largest absolute Gasteiger partial charge is 0.336 e. The lowest BCUT2D eigenvalue weighted by molar-refractivity contribution is 0.0579. The first-order valence-corrected chi connectivity index (χ1v) is 9.82. The van der Waals surface area contributed by atoms with Gasteiger partial charge in [0, 0.05) is 29.2 Å². The smallest absolute Gasteiger partial charge is 0.254 e. The van der Waals surface area contributed by atoms with Crippen LogP contribution in [0.5, 0.6) is 0 Å². The molecule has 0 aromatic heterocycles. The normalized spacial score (nSPS) is 23.0. The van der Waals surface area contributed by atoms with Crippen molar-refractivity contribution in [3.63, 3.8) is 0 Å². The fourth-order valence-electron chi connectivity index (χ4n) is 3.84. The van der Waals surface area contributed by atoms with Gasteiger partial charge in [0.2, 0.25) is 0 Å². The molecule has 1 amide bonds. The highest BCUT2D eigenvalue weighted by molar-refractivity contribution is 9.10. The molecule has 3 nitrogen and oxygen atoms in total. The van der Waals surface area contributed by atoms with E-state index < -0.39 is 0 Å². The second-order valence-corrected chi connectivity index (χ2v) is 7.76. The fraction of sp³-hybridized carbons (Fsp3) is 0.632. The van der Waals surface area contributed by atoms with Gasteiger partial charge in [0.1, 0.15) is 0 Å². The summed E-state index contributed by atoms with van der Waals surface area (Å²) in [6.07, 6.45) is 8.75. The minimum Gasteiger partial charge on any atom is -0.336 e. The molecule has 2 aliphatic heterocycles. The summed E-state index contributed by atoms with van der Waals surface area (Å²) in [5.74, 6) is 0.209. The zero-order chi connectivity index (χ0) is 16.1. The van der Waals surface area contributed by atoms with E-state index in [1.807, 2.05) is 24.3 Å². The van der Waals surface area contributed by atoms with Crippen molar-refractivity contribution >= 4 is 21.8 Å². The summed E-state index contributed by atoms with van der Waals surface area (Å²) in [5.41, 5.74) is 0.818. The van der Waals surface area contributed by atoms with Gasteiger partial charge in [-0.05, 0) is 75.9 Å². The zero-order valence-corrected chi connectivity index (χ0v) is 15.4. The van der Waals surface area contributed by atoms with E-state index in [0.29, 0.717) is 6.04 Å². The van der Waals surface area contributed by atoms with Crippen molar-refractivity contribution in [1.29, 1.82) is 0 Å². The quantitative estimate of drug-likeness (QED) is 0.778. The molecule has 1 atom stereocenters. The number of nitrogens with zero attached hydrogens (tertiary/aromatic N) is 2. The van der Waals surface area contributed by atoms with Crippen molar-refractivity contribution in [1.82, 2.24) is 9.80 Å². The van der Waals surface area contributed by atoms with Crippen LogP contribution in [0.4, 0.5) is 0 Å². The molecule has 4 heteroatoms. The van der Waals surface area contributed by atoms with E-state index in [-0.39, 0.29) is 5.91 Å². The summed E-state index contributed by atoms with van der Waals surface area (Å²) in [5, 5.41) is 0. The van der Waals surface area contributed by atoms with Crippen LogP contribution < -0.4 is 0 Å². The lowest BCUT2D eigenvalue weighted by atomic mass is 9.97. The molecular weight excluding hydrogens is 352 g/mol. The van der Waals surface area contributed by atoms with Gasteiger partial charge in [-0.2, -0.15) is 0 Å². The fourth-order valence-corrected chi connectivity index (χ4v) is 4.11. The maximum absolute atomic E-state index is 12.9. The molecule has 0 aliphatic carbocycles. The minimum absolute atomic E-state index is 0.209. The molecule has 0 unspecified atom stereocenters. The van der Waals surface area contributed by atoms with Crippen LogP contribution in [0.2, 0.25) is 0 Å². The van der Waals surface area contributed by atoms with Crippen LogP contribution in [-0.4, -0.2) is 47.9 Å². The predicted octanol–water partition coefficient (Wildman–Crippen LogP) is 4.32. The molecule has 1 aromatic carbocycles. The number of amides is 1. The van der Waals surface area contributed by atoms with Crippen LogP contribution in [0.1, 0.15) is 55.3 Å². The monoisotopic (exact) mass is 378 g/mol. The Morgan fingerprint density at radius 3 is 2.43 bits per heavy atom. The van der Waals surface area contributed by atoms with E-state index in [1.54, 1.807) is 0 Å². The molecule has 2 heterocycles. The van der Waals surface area contributed by atoms with E-state index in [2.05, 4.69) is 25.7 Å². The molecular formula is C19H27BrN2O. The SMILES string of the molecule is O=C(c1ccc(Br)cc1)N1CCCC[C@@H]1CCN1CCCCC1. The third-order valence-electron chi connectivity index (χ3n) is 5.21. The Morgan fingerprint density at radius 1 is 1.00 bits per heavy atom. The van der Waals surface area contributed by atoms with E-state index in [0.717, 1.165) is 42.4 Å². The van der Waals surface area contributed by atoms with Gasteiger partial charge in [-0.15, -0.1) is 0 Å². The molecule has 0 N–H and O–H groups in total.